The molecule has 1 aliphatic rings. The molecule has 0 radical (unpaired) electrons. The van der Waals surface area contributed by atoms with Gasteiger partial charge in [0.25, 0.3) is 0 Å². The van der Waals surface area contributed by atoms with Crippen molar-refractivity contribution in [3.63, 3.8) is 0 Å². The average Bonchev–Trinajstić information content (AvgIpc) is 2.57. The topological polar surface area (TPSA) is 44.2 Å². The van der Waals surface area contributed by atoms with Crippen LogP contribution < -0.4 is 4.74 Å². The molecule has 2 heterocycles. The minimum atomic E-state index is -0.421. The molecule has 0 aliphatic heterocycles. The first-order chi connectivity index (χ1) is 11.2. The predicted octanol–water partition coefficient (Wildman–Crippen LogP) is 4.44. The fourth-order valence-electron chi connectivity index (χ4n) is 2.39. The minimum absolute atomic E-state index is 0.191. The van der Waals surface area contributed by atoms with Gasteiger partial charge in [0.1, 0.15) is 16.7 Å². The summed E-state index contributed by atoms with van der Waals surface area (Å²) in [5.74, 6) is 0.429. The van der Waals surface area contributed by atoms with Gasteiger partial charge in [-0.1, -0.05) is 23.7 Å². The molecule has 0 aromatic carbocycles. The van der Waals surface area contributed by atoms with Gasteiger partial charge in [0.2, 0.25) is 5.88 Å². The van der Waals surface area contributed by atoms with Crippen molar-refractivity contribution in [3.8, 4) is 11.6 Å². The van der Waals surface area contributed by atoms with Gasteiger partial charge in [-0.2, -0.15) is 0 Å². The Morgan fingerprint density at radius 1 is 1.22 bits per heavy atom. The van der Waals surface area contributed by atoms with Crippen LogP contribution in [0.2, 0.25) is 5.15 Å². The molecule has 0 saturated carbocycles. The first-order valence-electron chi connectivity index (χ1n) is 7.00. The van der Waals surface area contributed by atoms with Gasteiger partial charge in [0.15, 0.2) is 0 Å². The number of pyridine rings is 2. The molecule has 2 atom stereocenters. The molecule has 1 aliphatic carbocycles. The third-order valence-electron chi connectivity index (χ3n) is 3.49. The van der Waals surface area contributed by atoms with Crippen LogP contribution in [0, 0.1) is 0 Å². The highest BCUT2D eigenvalue weighted by Gasteiger charge is 2.26. The summed E-state index contributed by atoms with van der Waals surface area (Å²) in [5.41, 5.74) is 0.800. The quantitative estimate of drug-likeness (QED) is 0.776. The summed E-state index contributed by atoms with van der Waals surface area (Å²) in [5, 5.41) is 0.383. The van der Waals surface area contributed by atoms with E-state index in [1.165, 1.54) is 18.3 Å². The summed E-state index contributed by atoms with van der Waals surface area (Å²) >= 11 is 5.77. The van der Waals surface area contributed by atoms with Crippen molar-refractivity contribution in [2.24, 2.45) is 0 Å². The first-order valence-corrected chi connectivity index (χ1v) is 7.38. The summed E-state index contributed by atoms with van der Waals surface area (Å²) in [6.45, 7) is 0. The Bertz CT molecular complexity index is 747. The van der Waals surface area contributed by atoms with Crippen LogP contribution in [0.15, 0.2) is 60.7 Å². The third-order valence-corrected chi connectivity index (χ3v) is 3.71. The lowest BCUT2D eigenvalue weighted by molar-refractivity contribution is 0.125. The van der Waals surface area contributed by atoms with Crippen molar-refractivity contribution >= 4 is 11.6 Å². The number of nitrogens with zero attached hydrogens (tertiary/aromatic N) is 2. The van der Waals surface area contributed by atoms with E-state index < -0.39 is 6.10 Å². The van der Waals surface area contributed by atoms with E-state index in [-0.39, 0.29) is 11.7 Å². The van der Waals surface area contributed by atoms with Crippen molar-refractivity contribution in [3.05, 3.63) is 71.4 Å². The van der Waals surface area contributed by atoms with Crippen molar-refractivity contribution in [2.75, 3.05) is 7.11 Å². The second kappa shape index (κ2) is 6.89. The van der Waals surface area contributed by atoms with E-state index in [2.05, 4.69) is 9.97 Å². The standard InChI is InChI=1S/C17H14ClFN2O2/c1-22-15-9-11(19)4-6-13(15)14-3-2-8-20-17(14)23-12-5-7-16(18)21-10-12/h2-10,13,15H,1H3. The van der Waals surface area contributed by atoms with E-state index in [1.54, 1.807) is 37.6 Å². The van der Waals surface area contributed by atoms with Gasteiger partial charge in [-0.3, -0.25) is 0 Å². The SMILES string of the molecule is COC1C=C(F)C=CC1c1cccnc1Oc1ccc(Cl)nc1. The molecule has 0 amide bonds. The van der Waals surface area contributed by atoms with Gasteiger partial charge >= 0.3 is 0 Å². The second-order valence-corrected chi connectivity index (χ2v) is 5.34. The molecule has 0 bridgehead atoms. The molecule has 2 aromatic heterocycles. The Labute approximate surface area is 138 Å². The van der Waals surface area contributed by atoms with E-state index in [9.17, 15) is 4.39 Å². The Morgan fingerprint density at radius 3 is 2.83 bits per heavy atom. The Kier molecular flexibility index (Phi) is 4.69. The zero-order valence-electron chi connectivity index (χ0n) is 12.3. The number of rotatable bonds is 4. The van der Waals surface area contributed by atoms with E-state index >= 15 is 0 Å². The molecule has 2 aromatic rings. The number of ether oxygens (including phenoxy) is 2. The number of halogens is 2. The fourth-order valence-corrected chi connectivity index (χ4v) is 2.50. The summed E-state index contributed by atoms with van der Waals surface area (Å²) in [6, 6.07) is 7.02. The Morgan fingerprint density at radius 2 is 2.09 bits per heavy atom. The molecule has 4 nitrogen and oxygen atoms in total. The molecular weight excluding hydrogens is 319 g/mol. The smallest absolute Gasteiger partial charge is 0.223 e. The Balaban J connectivity index is 1.91. The molecule has 0 fully saturated rings. The summed E-state index contributed by atoms with van der Waals surface area (Å²) < 4.78 is 24.6. The van der Waals surface area contributed by atoms with Crippen LogP contribution in [0.3, 0.4) is 0 Å². The lowest BCUT2D eigenvalue weighted by Gasteiger charge is -2.24. The number of aromatic nitrogens is 2. The fraction of sp³-hybridized carbons (Fsp3) is 0.176. The molecule has 6 heteroatoms. The highest BCUT2D eigenvalue weighted by atomic mass is 35.5. The molecule has 23 heavy (non-hydrogen) atoms. The maximum atomic E-state index is 13.4. The minimum Gasteiger partial charge on any atom is -0.437 e. The number of allylic oxidation sites excluding steroid dienone is 2. The lowest BCUT2D eigenvalue weighted by atomic mass is 9.90. The summed E-state index contributed by atoms with van der Waals surface area (Å²) in [6.07, 6.45) is 7.33. The number of hydrogen-bond donors (Lipinski definition) is 0. The normalized spacial score (nSPS) is 20.2. The first kappa shape index (κ1) is 15.6. The summed E-state index contributed by atoms with van der Waals surface area (Å²) in [7, 11) is 1.54. The molecule has 2 unspecified atom stereocenters. The molecule has 118 valence electrons. The van der Waals surface area contributed by atoms with Crippen molar-refractivity contribution < 1.29 is 13.9 Å². The van der Waals surface area contributed by atoms with Crippen LogP contribution in [0.25, 0.3) is 0 Å². The molecule has 0 N–H and O–H groups in total. The van der Waals surface area contributed by atoms with E-state index in [4.69, 9.17) is 21.1 Å². The largest absolute Gasteiger partial charge is 0.437 e. The van der Waals surface area contributed by atoms with Crippen LogP contribution in [0.1, 0.15) is 11.5 Å². The zero-order valence-corrected chi connectivity index (χ0v) is 13.1. The van der Waals surface area contributed by atoms with Crippen LogP contribution in [0.4, 0.5) is 4.39 Å². The van der Waals surface area contributed by atoms with Crippen LogP contribution in [0.5, 0.6) is 11.6 Å². The van der Waals surface area contributed by atoms with E-state index in [0.29, 0.717) is 16.8 Å². The van der Waals surface area contributed by atoms with Gasteiger partial charge < -0.3 is 9.47 Å². The van der Waals surface area contributed by atoms with Gasteiger partial charge in [-0.15, -0.1) is 0 Å². The number of methoxy groups -OCH3 is 1. The molecule has 3 rings (SSSR count). The van der Waals surface area contributed by atoms with E-state index in [1.807, 2.05) is 6.07 Å². The highest BCUT2D eigenvalue weighted by molar-refractivity contribution is 6.29. The maximum absolute atomic E-state index is 13.4. The highest BCUT2D eigenvalue weighted by Crippen LogP contribution is 2.35. The van der Waals surface area contributed by atoms with Gasteiger partial charge in [0.05, 0.1) is 12.3 Å². The van der Waals surface area contributed by atoms with Gasteiger partial charge in [-0.05, 0) is 30.4 Å². The van der Waals surface area contributed by atoms with Crippen molar-refractivity contribution in [1.29, 1.82) is 0 Å². The predicted molar refractivity (Wildman–Crippen MR) is 85.4 cm³/mol. The maximum Gasteiger partial charge on any atom is 0.223 e. The average molecular weight is 333 g/mol. The third kappa shape index (κ3) is 3.57. The Hall–Kier alpha value is -2.24. The molecule has 0 saturated heterocycles. The van der Waals surface area contributed by atoms with Crippen LogP contribution in [-0.4, -0.2) is 23.2 Å². The van der Waals surface area contributed by atoms with Crippen molar-refractivity contribution in [1.82, 2.24) is 9.97 Å². The van der Waals surface area contributed by atoms with Crippen LogP contribution in [-0.2, 0) is 4.74 Å². The summed E-state index contributed by atoms with van der Waals surface area (Å²) in [4.78, 5) is 8.25. The van der Waals surface area contributed by atoms with Gasteiger partial charge in [0, 0.05) is 24.8 Å². The zero-order chi connectivity index (χ0) is 16.2. The van der Waals surface area contributed by atoms with E-state index in [0.717, 1.165) is 5.56 Å². The van der Waals surface area contributed by atoms with Gasteiger partial charge in [-0.25, -0.2) is 14.4 Å². The lowest BCUT2D eigenvalue weighted by Crippen LogP contribution is -2.20. The van der Waals surface area contributed by atoms with Crippen molar-refractivity contribution in [2.45, 2.75) is 12.0 Å². The second-order valence-electron chi connectivity index (χ2n) is 4.95. The molecule has 0 spiro atoms. The number of hydrogen-bond acceptors (Lipinski definition) is 4. The van der Waals surface area contributed by atoms with Crippen LogP contribution >= 0.6 is 11.6 Å². The monoisotopic (exact) mass is 332 g/mol. The molecular formula is C17H14ClFN2O2.